The summed E-state index contributed by atoms with van der Waals surface area (Å²) in [6.45, 7) is 2.07. The zero-order valence-electron chi connectivity index (χ0n) is 15.4. The van der Waals surface area contributed by atoms with Crippen molar-refractivity contribution in [2.75, 3.05) is 11.9 Å². The Kier molecular flexibility index (Phi) is 6.35. The fourth-order valence-corrected chi connectivity index (χ4v) is 2.74. The van der Waals surface area contributed by atoms with E-state index in [9.17, 15) is 23.2 Å². The van der Waals surface area contributed by atoms with Crippen molar-refractivity contribution in [1.29, 1.82) is 0 Å². The van der Waals surface area contributed by atoms with E-state index in [2.05, 4.69) is 15.4 Å². The lowest BCUT2D eigenvalue weighted by molar-refractivity contribution is -0.133. The lowest BCUT2D eigenvalue weighted by Gasteiger charge is -2.22. The molecule has 1 aromatic rings. The molecule has 1 aromatic carbocycles. The highest BCUT2D eigenvalue weighted by atomic mass is 19.3. The summed E-state index contributed by atoms with van der Waals surface area (Å²) in [5, 5.41) is 5.02. The second-order valence-corrected chi connectivity index (χ2v) is 7.01. The van der Waals surface area contributed by atoms with Crippen LogP contribution in [0.15, 0.2) is 24.3 Å². The number of urea groups is 1. The van der Waals surface area contributed by atoms with Crippen molar-refractivity contribution >= 4 is 23.5 Å². The number of halogens is 2. The van der Waals surface area contributed by atoms with E-state index >= 15 is 0 Å². The smallest absolute Gasteiger partial charge is 0.387 e. The van der Waals surface area contributed by atoms with Crippen molar-refractivity contribution < 1.29 is 27.9 Å². The number of carbonyl (C=O) groups is 3. The van der Waals surface area contributed by atoms with E-state index in [1.54, 1.807) is 6.92 Å². The molecule has 1 fully saturated rings. The number of alkyl halides is 2. The number of carbonyl (C=O) groups excluding carboxylic acids is 3. The Balaban J connectivity index is 2.04. The van der Waals surface area contributed by atoms with E-state index in [1.807, 2.05) is 13.8 Å². The van der Waals surface area contributed by atoms with Crippen molar-refractivity contribution in [2.24, 2.45) is 5.92 Å². The molecule has 1 aliphatic heterocycles. The van der Waals surface area contributed by atoms with E-state index < -0.39 is 36.5 Å². The molecular weight excluding hydrogens is 360 g/mol. The fraction of sp³-hybridized carbons (Fsp3) is 0.500. The van der Waals surface area contributed by atoms with Gasteiger partial charge in [-0.1, -0.05) is 26.0 Å². The molecule has 1 unspecified atom stereocenters. The molecule has 0 saturated carbocycles. The lowest BCUT2D eigenvalue weighted by atomic mass is 9.92. The van der Waals surface area contributed by atoms with Gasteiger partial charge in [-0.25, -0.2) is 4.79 Å². The molecule has 148 valence electrons. The van der Waals surface area contributed by atoms with Gasteiger partial charge in [-0.05, 0) is 37.8 Å². The van der Waals surface area contributed by atoms with E-state index in [4.69, 9.17) is 0 Å². The maximum atomic E-state index is 12.6. The van der Waals surface area contributed by atoms with Crippen LogP contribution in [-0.2, 0) is 9.59 Å². The second kappa shape index (κ2) is 8.32. The summed E-state index contributed by atoms with van der Waals surface area (Å²) >= 11 is 0. The second-order valence-electron chi connectivity index (χ2n) is 7.01. The van der Waals surface area contributed by atoms with E-state index in [0.717, 1.165) is 11.3 Å². The molecule has 9 heteroatoms. The molecule has 0 radical (unpaired) electrons. The standard InChI is InChI=1S/C18H23F2N3O4/c1-11(2)8-9-18(3)15(25)23(17(26)22-18)10-14(24)21-12-6-4-5-7-13(12)27-16(19)20/h4-7,11,16H,8-10H2,1-3H3,(H,21,24)(H,22,26). The minimum absolute atomic E-state index is 0.0254. The topological polar surface area (TPSA) is 87.7 Å². The van der Waals surface area contributed by atoms with Gasteiger partial charge in [0.25, 0.3) is 5.91 Å². The number of nitrogens with one attached hydrogen (secondary N) is 2. The summed E-state index contributed by atoms with van der Waals surface area (Å²) in [6.07, 6.45) is 1.19. The Hall–Kier alpha value is -2.71. The zero-order chi connectivity index (χ0) is 20.2. The predicted molar refractivity (Wildman–Crippen MR) is 94.4 cm³/mol. The minimum atomic E-state index is -3.05. The molecule has 0 bridgehead atoms. The first-order valence-corrected chi connectivity index (χ1v) is 8.60. The van der Waals surface area contributed by atoms with Crippen LogP contribution in [0.25, 0.3) is 0 Å². The van der Waals surface area contributed by atoms with Gasteiger partial charge >= 0.3 is 12.6 Å². The molecule has 1 aliphatic rings. The molecule has 0 aliphatic carbocycles. The molecule has 7 nitrogen and oxygen atoms in total. The summed E-state index contributed by atoms with van der Waals surface area (Å²) in [7, 11) is 0. The van der Waals surface area contributed by atoms with Crippen molar-refractivity contribution in [3.63, 3.8) is 0 Å². The van der Waals surface area contributed by atoms with Crippen molar-refractivity contribution in [3.05, 3.63) is 24.3 Å². The largest absolute Gasteiger partial charge is 0.433 e. The van der Waals surface area contributed by atoms with Crippen LogP contribution >= 0.6 is 0 Å². The summed E-state index contributed by atoms with van der Waals surface area (Å²) in [6, 6.07) is 5.01. The van der Waals surface area contributed by atoms with Crippen LogP contribution in [0.4, 0.5) is 19.3 Å². The Labute approximate surface area is 156 Å². The number of benzene rings is 1. The lowest BCUT2D eigenvalue weighted by Crippen LogP contribution is -2.44. The third-order valence-corrected chi connectivity index (χ3v) is 4.25. The average Bonchev–Trinajstić information content (AvgIpc) is 2.78. The molecule has 1 heterocycles. The van der Waals surface area contributed by atoms with Gasteiger partial charge in [-0.3, -0.25) is 14.5 Å². The predicted octanol–water partition coefficient (Wildman–Crippen LogP) is 2.97. The monoisotopic (exact) mass is 383 g/mol. The molecule has 0 spiro atoms. The van der Waals surface area contributed by atoms with Crippen LogP contribution in [0, 0.1) is 5.92 Å². The van der Waals surface area contributed by atoms with Crippen LogP contribution in [0.2, 0.25) is 0 Å². The Morgan fingerprint density at radius 2 is 1.96 bits per heavy atom. The van der Waals surface area contributed by atoms with Gasteiger partial charge in [0.2, 0.25) is 5.91 Å². The van der Waals surface area contributed by atoms with Crippen molar-refractivity contribution in [2.45, 2.75) is 45.8 Å². The van der Waals surface area contributed by atoms with Gasteiger partial charge in [-0.2, -0.15) is 8.78 Å². The number of nitrogens with zero attached hydrogens (tertiary/aromatic N) is 1. The highest BCUT2D eigenvalue weighted by Gasteiger charge is 2.47. The maximum Gasteiger partial charge on any atom is 0.387 e. The highest BCUT2D eigenvalue weighted by Crippen LogP contribution is 2.27. The van der Waals surface area contributed by atoms with E-state index in [0.29, 0.717) is 12.3 Å². The molecule has 4 amide bonds. The SMILES string of the molecule is CC(C)CCC1(C)NC(=O)N(CC(=O)Nc2ccccc2OC(F)F)C1=O. The molecule has 2 N–H and O–H groups in total. The molecule has 0 aromatic heterocycles. The minimum Gasteiger partial charge on any atom is -0.433 e. The third-order valence-electron chi connectivity index (χ3n) is 4.25. The van der Waals surface area contributed by atoms with Crippen LogP contribution in [0.3, 0.4) is 0 Å². The van der Waals surface area contributed by atoms with Gasteiger partial charge in [0.15, 0.2) is 0 Å². The Morgan fingerprint density at radius 1 is 1.30 bits per heavy atom. The number of hydrogen-bond acceptors (Lipinski definition) is 4. The molecular formula is C18H23F2N3O4. The normalized spacial score (nSPS) is 19.6. The number of imide groups is 1. The van der Waals surface area contributed by atoms with Crippen LogP contribution < -0.4 is 15.4 Å². The van der Waals surface area contributed by atoms with Crippen molar-refractivity contribution in [3.8, 4) is 5.75 Å². The first kappa shape index (κ1) is 20.6. The van der Waals surface area contributed by atoms with Gasteiger partial charge < -0.3 is 15.4 Å². The van der Waals surface area contributed by atoms with Crippen LogP contribution in [-0.4, -0.2) is 41.4 Å². The molecule has 2 rings (SSSR count). The third kappa shape index (κ3) is 5.15. The van der Waals surface area contributed by atoms with Gasteiger partial charge in [-0.15, -0.1) is 0 Å². The molecule has 1 saturated heterocycles. The fourth-order valence-electron chi connectivity index (χ4n) is 2.74. The van der Waals surface area contributed by atoms with Crippen LogP contribution in [0.1, 0.15) is 33.6 Å². The first-order chi connectivity index (χ1) is 12.6. The highest BCUT2D eigenvalue weighted by molar-refractivity contribution is 6.10. The number of rotatable bonds is 8. The van der Waals surface area contributed by atoms with Gasteiger partial charge in [0.1, 0.15) is 17.8 Å². The first-order valence-electron chi connectivity index (χ1n) is 8.60. The Morgan fingerprint density at radius 3 is 2.59 bits per heavy atom. The Bertz CT molecular complexity index is 726. The van der Waals surface area contributed by atoms with E-state index in [-0.39, 0.29) is 11.4 Å². The van der Waals surface area contributed by atoms with Crippen molar-refractivity contribution in [1.82, 2.24) is 10.2 Å². The summed E-state index contributed by atoms with van der Waals surface area (Å²) in [5.74, 6) is -1.03. The number of amides is 4. The maximum absolute atomic E-state index is 12.6. The number of hydrogen-bond donors (Lipinski definition) is 2. The van der Waals surface area contributed by atoms with Gasteiger partial charge in [0.05, 0.1) is 5.69 Å². The zero-order valence-corrected chi connectivity index (χ0v) is 15.4. The summed E-state index contributed by atoms with van der Waals surface area (Å²) < 4.78 is 29.2. The molecule has 1 atom stereocenters. The summed E-state index contributed by atoms with van der Waals surface area (Å²) in [4.78, 5) is 37.8. The average molecular weight is 383 g/mol. The number of para-hydroxylation sites is 2. The van der Waals surface area contributed by atoms with Crippen LogP contribution in [0.5, 0.6) is 5.75 Å². The number of ether oxygens (including phenoxy) is 1. The van der Waals surface area contributed by atoms with Gasteiger partial charge in [0, 0.05) is 0 Å². The molecule has 27 heavy (non-hydrogen) atoms. The van der Waals surface area contributed by atoms with E-state index in [1.165, 1.54) is 24.3 Å². The quantitative estimate of drug-likeness (QED) is 0.676. The summed E-state index contributed by atoms with van der Waals surface area (Å²) in [5.41, 5.74) is -1.03. The number of anilines is 1.